The Hall–Kier alpha value is -1.52. The van der Waals surface area contributed by atoms with Gasteiger partial charge in [-0.3, -0.25) is 4.57 Å². The van der Waals surface area contributed by atoms with E-state index >= 15 is 0 Å². The van der Waals surface area contributed by atoms with E-state index in [1.54, 1.807) is 6.07 Å². The molecule has 1 fully saturated rings. The zero-order valence-electron chi connectivity index (χ0n) is 13.5. The molecule has 0 spiro atoms. The molecule has 0 unspecified atom stereocenters. The van der Waals surface area contributed by atoms with E-state index in [0.717, 1.165) is 30.3 Å². The SMILES string of the molecule is NCCCCCCNc1ccn([C@@H]2O[C@H](CO)[C@@H](O)[C@H]2O)c(=O)n1. The molecular formula is C15H26N4O5. The van der Waals surface area contributed by atoms with Gasteiger partial charge in [0.15, 0.2) is 6.23 Å². The highest BCUT2D eigenvalue weighted by atomic mass is 16.6. The Morgan fingerprint density at radius 1 is 1.25 bits per heavy atom. The number of nitrogens with zero attached hydrogens (tertiary/aromatic N) is 2. The molecule has 6 N–H and O–H groups in total. The maximum Gasteiger partial charge on any atom is 0.351 e. The Kier molecular flexibility index (Phi) is 7.13. The largest absolute Gasteiger partial charge is 0.394 e. The average molecular weight is 342 g/mol. The van der Waals surface area contributed by atoms with Crippen molar-refractivity contribution in [3.05, 3.63) is 22.7 Å². The third-order valence-electron chi connectivity index (χ3n) is 4.06. The zero-order valence-corrected chi connectivity index (χ0v) is 13.5. The van der Waals surface area contributed by atoms with Crippen LogP contribution in [0.15, 0.2) is 17.1 Å². The van der Waals surface area contributed by atoms with Gasteiger partial charge in [0, 0.05) is 12.7 Å². The first-order valence-electron chi connectivity index (χ1n) is 8.24. The van der Waals surface area contributed by atoms with Crippen LogP contribution in [-0.2, 0) is 4.74 Å². The van der Waals surface area contributed by atoms with Crippen LogP contribution in [0.2, 0.25) is 0 Å². The topological polar surface area (TPSA) is 143 Å². The molecule has 1 saturated heterocycles. The fraction of sp³-hybridized carbons (Fsp3) is 0.733. The maximum absolute atomic E-state index is 12.1. The average Bonchev–Trinajstić information content (AvgIpc) is 2.86. The molecule has 136 valence electrons. The van der Waals surface area contributed by atoms with Crippen molar-refractivity contribution in [3.63, 3.8) is 0 Å². The van der Waals surface area contributed by atoms with Crippen LogP contribution >= 0.6 is 0 Å². The van der Waals surface area contributed by atoms with Crippen LogP contribution in [0.5, 0.6) is 0 Å². The fourth-order valence-corrected chi connectivity index (χ4v) is 2.65. The molecule has 4 atom stereocenters. The van der Waals surface area contributed by atoms with Gasteiger partial charge in [-0.15, -0.1) is 0 Å². The second-order valence-electron chi connectivity index (χ2n) is 5.86. The van der Waals surface area contributed by atoms with Crippen molar-refractivity contribution in [3.8, 4) is 0 Å². The van der Waals surface area contributed by atoms with E-state index < -0.39 is 36.8 Å². The number of anilines is 1. The van der Waals surface area contributed by atoms with Gasteiger partial charge < -0.3 is 31.1 Å². The fourth-order valence-electron chi connectivity index (χ4n) is 2.65. The standard InChI is InChI=1S/C15H26N4O5/c16-6-3-1-2-4-7-17-11-5-8-19(15(23)18-11)14-13(22)12(21)10(9-20)24-14/h5,8,10,12-14,20-22H,1-4,6-7,9,16H2,(H,17,18,23)/t10-,12-,13-,14-/m1/s1. The number of aliphatic hydroxyl groups is 3. The van der Waals surface area contributed by atoms with E-state index in [1.165, 1.54) is 6.20 Å². The first-order chi connectivity index (χ1) is 11.6. The van der Waals surface area contributed by atoms with E-state index in [4.69, 9.17) is 15.6 Å². The van der Waals surface area contributed by atoms with Crippen molar-refractivity contribution in [1.82, 2.24) is 9.55 Å². The molecule has 0 aliphatic carbocycles. The van der Waals surface area contributed by atoms with E-state index in [1.807, 2.05) is 0 Å². The second kappa shape index (κ2) is 9.09. The lowest BCUT2D eigenvalue weighted by atomic mass is 10.1. The minimum absolute atomic E-state index is 0.444. The van der Waals surface area contributed by atoms with E-state index in [0.29, 0.717) is 18.9 Å². The van der Waals surface area contributed by atoms with E-state index in [9.17, 15) is 15.0 Å². The Labute approximate surface area is 140 Å². The predicted octanol–water partition coefficient (Wildman–Crippen LogP) is -1.21. The molecule has 0 bridgehead atoms. The van der Waals surface area contributed by atoms with Crippen molar-refractivity contribution in [2.24, 2.45) is 5.73 Å². The summed E-state index contributed by atoms with van der Waals surface area (Å²) in [5, 5.41) is 31.9. The second-order valence-corrected chi connectivity index (χ2v) is 5.86. The Morgan fingerprint density at radius 3 is 2.62 bits per heavy atom. The summed E-state index contributed by atoms with van der Waals surface area (Å²) >= 11 is 0. The molecule has 1 aromatic rings. The molecule has 0 saturated carbocycles. The van der Waals surface area contributed by atoms with Crippen molar-refractivity contribution in [1.29, 1.82) is 0 Å². The van der Waals surface area contributed by atoms with Crippen LogP contribution in [-0.4, -0.2) is 62.9 Å². The minimum atomic E-state index is -1.30. The predicted molar refractivity (Wildman–Crippen MR) is 87.5 cm³/mol. The summed E-state index contributed by atoms with van der Waals surface area (Å²) in [6.07, 6.45) is 1.01. The number of ether oxygens (including phenoxy) is 1. The van der Waals surface area contributed by atoms with Gasteiger partial charge in [0.05, 0.1) is 6.61 Å². The summed E-state index contributed by atoms with van der Waals surface area (Å²) in [6.45, 7) is 0.962. The van der Waals surface area contributed by atoms with Crippen LogP contribution in [0.3, 0.4) is 0 Å². The summed E-state index contributed by atoms with van der Waals surface area (Å²) < 4.78 is 6.43. The van der Waals surface area contributed by atoms with E-state index in [-0.39, 0.29) is 0 Å². The zero-order chi connectivity index (χ0) is 17.5. The number of aliphatic hydroxyl groups excluding tert-OH is 3. The van der Waals surface area contributed by atoms with Gasteiger partial charge in [0.2, 0.25) is 0 Å². The molecule has 2 rings (SSSR count). The summed E-state index contributed by atoms with van der Waals surface area (Å²) in [4.78, 5) is 16.0. The minimum Gasteiger partial charge on any atom is -0.394 e. The number of hydrogen-bond donors (Lipinski definition) is 5. The molecule has 24 heavy (non-hydrogen) atoms. The van der Waals surface area contributed by atoms with Gasteiger partial charge in [0.25, 0.3) is 0 Å². The van der Waals surface area contributed by atoms with Gasteiger partial charge in [-0.05, 0) is 25.5 Å². The van der Waals surface area contributed by atoms with Gasteiger partial charge in [-0.25, -0.2) is 4.79 Å². The third kappa shape index (κ3) is 4.52. The van der Waals surface area contributed by atoms with Gasteiger partial charge in [-0.2, -0.15) is 4.98 Å². The Bertz CT molecular complexity index is 567. The molecule has 9 nitrogen and oxygen atoms in total. The lowest BCUT2D eigenvalue weighted by molar-refractivity contribution is -0.0549. The third-order valence-corrected chi connectivity index (χ3v) is 4.06. The maximum atomic E-state index is 12.1. The molecule has 1 aromatic heterocycles. The van der Waals surface area contributed by atoms with Crippen molar-refractivity contribution >= 4 is 5.82 Å². The van der Waals surface area contributed by atoms with Crippen LogP contribution in [0.1, 0.15) is 31.9 Å². The van der Waals surface area contributed by atoms with Crippen LogP contribution in [0.25, 0.3) is 0 Å². The highest BCUT2D eigenvalue weighted by Crippen LogP contribution is 2.28. The molecule has 0 aromatic carbocycles. The molecule has 1 aliphatic heterocycles. The highest BCUT2D eigenvalue weighted by molar-refractivity contribution is 5.31. The van der Waals surface area contributed by atoms with Crippen molar-refractivity contribution in [2.75, 3.05) is 25.0 Å². The van der Waals surface area contributed by atoms with Crippen molar-refractivity contribution < 1.29 is 20.1 Å². The monoisotopic (exact) mass is 342 g/mol. The molecule has 9 heteroatoms. The lowest BCUT2D eigenvalue weighted by Gasteiger charge is -2.17. The first kappa shape index (κ1) is 18.8. The van der Waals surface area contributed by atoms with Gasteiger partial charge in [0.1, 0.15) is 24.1 Å². The summed E-state index contributed by atoms with van der Waals surface area (Å²) in [6, 6.07) is 1.61. The number of hydrogen-bond acceptors (Lipinski definition) is 8. The molecule has 2 heterocycles. The van der Waals surface area contributed by atoms with Crippen LogP contribution < -0.4 is 16.7 Å². The number of aromatic nitrogens is 2. The van der Waals surface area contributed by atoms with Gasteiger partial charge >= 0.3 is 5.69 Å². The lowest BCUT2D eigenvalue weighted by Crippen LogP contribution is -2.36. The van der Waals surface area contributed by atoms with Gasteiger partial charge in [-0.1, -0.05) is 12.8 Å². The Balaban J connectivity index is 1.92. The smallest absolute Gasteiger partial charge is 0.351 e. The van der Waals surface area contributed by atoms with Crippen LogP contribution in [0, 0.1) is 0 Å². The molecule has 0 radical (unpaired) electrons. The number of nitrogens with two attached hydrogens (primary N) is 1. The number of nitrogens with one attached hydrogen (secondary N) is 1. The molecule has 1 aliphatic rings. The van der Waals surface area contributed by atoms with E-state index in [2.05, 4.69) is 10.3 Å². The number of unbranched alkanes of at least 4 members (excludes halogenated alkanes) is 3. The Morgan fingerprint density at radius 2 is 2.00 bits per heavy atom. The van der Waals surface area contributed by atoms with Crippen molar-refractivity contribution in [2.45, 2.75) is 50.2 Å². The first-order valence-corrected chi connectivity index (χ1v) is 8.24. The summed E-state index contributed by atoms with van der Waals surface area (Å²) in [7, 11) is 0. The molecule has 0 amide bonds. The summed E-state index contributed by atoms with van der Waals surface area (Å²) in [5.74, 6) is 0.446. The summed E-state index contributed by atoms with van der Waals surface area (Å²) in [5.41, 5.74) is 4.83. The normalized spacial score (nSPS) is 26.7. The quantitative estimate of drug-likeness (QED) is 0.352. The highest BCUT2D eigenvalue weighted by Gasteiger charge is 2.43. The molecular weight excluding hydrogens is 316 g/mol. The number of rotatable bonds is 9. The van der Waals surface area contributed by atoms with Crippen LogP contribution in [0.4, 0.5) is 5.82 Å².